The summed E-state index contributed by atoms with van der Waals surface area (Å²) in [5, 5.41) is 2.96. The smallest absolute Gasteiger partial charge is 0.497 e. The molecule has 102 heavy (non-hydrogen) atoms. The van der Waals surface area contributed by atoms with Crippen LogP contribution in [0, 0.1) is 64.8 Å². The van der Waals surface area contributed by atoms with Crippen LogP contribution in [0.15, 0.2) is 129 Å². The van der Waals surface area contributed by atoms with Gasteiger partial charge in [0.2, 0.25) is 0 Å². The molecule has 0 saturated carbocycles. The molecule has 12 unspecified atom stereocenters. The molecule has 0 aromatic heterocycles. The minimum absolute atomic E-state index is 0. The van der Waals surface area contributed by atoms with Crippen LogP contribution < -0.4 is 30.1 Å². The molecule has 12 heterocycles. The Balaban J connectivity index is 0. The van der Waals surface area contributed by atoms with Gasteiger partial charge in [-0.05, 0) is 192 Å². The normalized spacial score (nSPS) is 34.8. The molecule has 3 aromatic carbocycles. The first-order chi connectivity index (χ1) is 44.1. The van der Waals surface area contributed by atoms with Crippen molar-refractivity contribution in [3.05, 3.63) is 190 Å². The van der Waals surface area contributed by atoms with Crippen LogP contribution in [0.2, 0.25) is 0 Å². The minimum Gasteiger partial charge on any atom is -0.497 e. The monoisotopic (exact) mass is 1750 g/mol. The fraction of sp³-hybridized carbons (Fsp3) is 0.571. The van der Waals surface area contributed by atoms with E-state index in [-0.39, 0.29) is 130 Å². The maximum absolute atomic E-state index is 6.52. The molecule has 0 amide bonds. The van der Waals surface area contributed by atoms with Gasteiger partial charge in [0.05, 0.1) is 83.6 Å². The molecule has 3 aromatic rings. The second-order valence-electron chi connectivity index (χ2n) is 29.4. The molecule has 0 N–H and O–H groups in total. The first-order valence-electron chi connectivity index (χ1n) is 34.5. The van der Waals surface area contributed by atoms with E-state index in [0.717, 1.165) is 87.9 Å². The van der Waals surface area contributed by atoms with E-state index in [4.69, 9.17) is 56.8 Å². The Hall–Kier alpha value is -1.71. The summed E-state index contributed by atoms with van der Waals surface area (Å²) in [6.45, 7) is 51.0. The molecule has 586 valence electrons. The fourth-order valence-corrected chi connectivity index (χ4v) is 31.6. The molecule has 12 fully saturated rings. The summed E-state index contributed by atoms with van der Waals surface area (Å²) < 4.78 is 73.6. The molecule has 0 aliphatic carbocycles. The third kappa shape index (κ3) is 23.9. The van der Waals surface area contributed by atoms with Crippen LogP contribution in [0.1, 0.15) is 216 Å². The number of hydrogen-bond donors (Lipinski definition) is 0. The third-order valence-corrected chi connectivity index (χ3v) is 30.6. The van der Waals surface area contributed by atoms with Crippen LogP contribution in [0.3, 0.4) is 0 Å². The van der Waals surface area contributed by atoms with Crippen molar-refractivity contribution in [1.82, 2.24) is 0 Å². The number of hydrogen-bond acceptors (Lipinski definition) is 12. The van der Waals surface area contributed by atoms with Gasteiger partial charge in [0, 0.05) is 41.5 Å². The standard InChI is InChI=1S/3C18H25O4P.C9H16.C8H14.C8H13.5CH3.3Pd/c3*1-12-9-13(19-6)7-8-14(12)23-17(4)10-15(2)20-16(3,22-17)11-18(23,5)21-15;1-3-5-7-9-8-6-4-2;2*1-3-5-7-8-6-4-2;;;;;;;;/h3*7-9H,10-11H2,1-6H3;3,6,8H,1,4-5,7,9H2,2H3;3-4,6H,1,5,7-8H2,2H3;3-5H,1-2,6-8H2;5*1H3;;;/q;;;;;6*-1;3*+2/p+3/b;;;8-6-;;5-3+;;;;;;;;. The SMILES string of the molecule is C=CCCC/C=C/[CH2-].C=CCCC/C=C\CC.C=CCCCC=CC.COc1ccc([PH+]2C3(C)CC4(C)OC(C)(CC2(C)O4)O3)c(C)c1.COc1ccc([PH+]2C3(C)CC4(C)OC(C)(CC2(C)O4)O3)c(C)c1.COc1ccc([PH+]2C3(C)CC4(C)OC(C)(CC2(C)O4)O3)c(C)c1.[CH3-].[CH3-].[CH3-].[CH3-].[CH3-].[Pd+2].[Pd+2].[Pd+2]. The predicted octanol–water partition coefficient (Wildman–Crippen LogP) is 21.9. The molecule has 12 saturated heterocycles. The predicted molar refractivity (Wildman–Crippen MR) is 428 cm³/mol. The van der Waals surface area contributed by atoms with Gasteiger partial charge in [-0.15, -0.1) is 26.2 Å². The second-order valence-corrected chi connectivity index (χ2v) is 39.6. The Kier molecular flexibility index (Phi) is 41.5. The molecule has 12 aliphatic heterocycles. The Morgan fingerprint density at radius 3 is 0.814 bits per heavy atom. The topological polar surface area (TPSA) is 111 Å². The molecule has 15 rings (SSSR count). The number of unbranched alkanes of at least 4 members (excludes halogenated alkanes) is 6. The van der Waals surface area contributed by atoms with Crippen molar-refractivity contribution in [3.8, 4) is 17.2 Å². The Morgan fingerprint density at radius 2 is 0.618 bits per heavy atom. The van der Waals surface area contributed by atoms with E-state index in [1.807, 2.05) is 31.2 Å². The van der Waals surface area contributed by atoms with Gasteiger partial charge >= 0.3 is 61.3 Å². The van der Waals surface area contributed by atoms with Crippen LogP contribution in [0.5, 0.6) is 17.2 Å². The van der Waals surface area contributed by atoms with Crippen LogP contribution in [0.4, 0.5) is 0 Å². The van der Waals surface area contributed by atoms with Gasteiger partial charge in [0.15, 0.2) is 66.8 Å². The maximum Gasteiger partial charge on any atom is 2.00 e. The van der Waals surface area contributed by atoms with Gasteiger partial charge in [-0.25, -0.2) is 19.1 Å². The van der Waals surface area contributed by atoms with Crippen molar-refractivity contribution in [1.29, 1.82) is 0 Å². The molecule has 12 bridgehead atoms. The van der Waals surface area contributed by atoms with E-state index in [0.29, 0.717) is 0 Å². The Labute approximate surface area is 668 Å². The molecule has 0 spiro atoms. The number of benzene rings is 3. The van der Waals surface area contributed by atoms with Crippen molar-refractivity contribution in [3.63, 3.8) is 0 Å². The summed E-state index contributed by atoms with van der Waals surface area (Å²) in [4.78, 5) is 0. The Morgan fingerprint density at radius 1 is 0.382 bits per heavy atom. The summed E-state index contributed by atoms with van der Waals surface area (Å²) in [5.41, 5.74) is 3.78. The summed E-state index contributed by atoms with van der Waals surface area (Å²) in [6, 6.07) is 19.1. The quantitative estimate of drug-likeness (QED) is 0.0375. The fourth-order valence-electron chi connectivity index (χ4n) is 17.7. The average Bonchev–Trinajstić information content (AvgIpc) is 0.697. The van der Waals surface area contributed by atoms with Crippen molar-refractivity contribution in [2.75, 3.05) is 21.3 Å². The van der Waals surface area contributed by atoms with Crippen molar-refractivity contribution < 1.29 is 118 Å². The molecular formula is C84H136O12P3Pd3+3. The van der Waals surface area contributed by atoms with E-state index < -0.39 is 58.5 Å². The number of aryl methyl sites for hydroxylation is 3. The molecule has 18 heteroatoms. The molecule has 12 nitrogen and oxygen atoms in total. The molecule has 12 aliphatic rings. The van der Waals surface area contributed by atoms with Gasteiger partial charge in [-0.2, -0.15) is 0 Å². The number of rotatable bonds is 19. The molecule has 0 radical (unpaired) electrons. The van der Waals surface area contributed by atoms with E-state index in [9.17, 15) is 0 Å². The van der Waals surface area contributed by atoms with E-state index in [2.05, 4.69) is 222 Å². The van der Waals surface area contributed by atoms with Crippen LogP contribution in [0.25, 0.3) is 0 Å². The largest absolute Gasteiger partial charge is 2.00 e. The summed E-state index contributed by atoms with van der Waals surface area (Å²) in [6.07, 6.45) is 35.0. The van der Waals surface area contributed by atoms with Gasteiger partial charge in [0.25, 0.3) is 0 Å². The molecular weight excluding hydrogens is 1610 g/mol. The van der Waals surface area contributed by atoms with E-state index in [1.54, 1.807) is 21.3 Å². The van der Waals surface area contributed by atoms with E-state index in [1.165, 1.54) is 64.7 Å². The number of allylic oxidation sites excluding steroid dienone is 9. The van der Waals surface area contributed by atoms with E-state index >= 15 is 0 Å². The minimum atomic E-state index is -1.12. The maximum atomic E-state index is 6.52. The zero-order valence-corrected chi connectivity index (χ0v) is 75.0. The van der Waals surface area contributed by atoms with Gasteiger partial charge < -0.3 is 94.0 Å². The first kappa shape index (κ1) is 102. The third-order valence-electron chi connectivity index (χ3n) is 19.3. The first-order valence-corrected chi connectivity index (χ1v) is 39.0. The van der Waals surface area contributed by atoms with Crippen molar-refractivity contribution in [2.24, 2.45) is 0 Å². The molecule has 12 atom stereocenters. The van der Waals surface area contributed by atoms with Crippen LogP contribution in [-0.4, -0.2) is 88.1 Å². The average molecular weight is 1750 g/mol. The second kappa shape index (κ2) is 41.4. The zero-order chi connectivity index (χ0) is 69.5. The van der Waals surface area contributed by atoms with Gasteiger partial charge in [0.1, 0.15) is 33.2 Å². The van der Waals surface area contributed by atoms with Gasteiger partial charge in [-0.1, -0.05) is 55.9 Å². The summed E-state index contributed by atoms with van der Waals surface area (Å²) in [5.74, 6) is -0.530. The van der Waals surface area contributed by atoms with Crippen molar-refractivity contribution >= 4 is 39.7 Å². The zero-order valence-electron chi connectivity index (χ0n) is 67.4. The van der Waals surface area contributed by atoms with Crippen molar-refractivity contribution in [2.45, 2.75) is 287 Å². The number of ether oxygens (including phenoxy) is 12. The Bertz CT molecular complexity index is 2760. The summed E-state index contributed by atoms with van der Waals surface area (Å²) >= 11 is 0. The van der Waals surface area contributed by atoms with Gasteiger partial charge in [-0.3, -0.25) is 0 Å². The van der Waals surface area contributed by atoms with Crippen LogP contribution >= 0.6 is 23.8 Å². The summed E-state index contributed by atoms with van der Waals surface area (Å²) in [7, 11) is 1.78. The van der Waals surface area contributed by atoms with Crippen LogP contribution in [-0.2, 0) is 104 Å². The number of methoxy groups -OCH3 is 3.